The van der Waals surface area contributed by atoms with Crippen molar-refractivity contribution in [3.63, 3.8) is 0 Å². The van der Waals surface area contributed by atoms with E-state index >= 15 is 0 Å². The molecule has 0 aliphatic heterocycles. The molecule has 0 aliphatic rings. The van der Waals surface area contributed by atoms with E-state index < -0.39 is 0 Å². The highest BCUT2D eigenvalue weighted by Gasteiger charge is 2.20. The van der Waals surface area contributed by atoms with Crippen LogP contribution in [0.3, 0.4) is 0 Å². The Kier molecular flexibility index (Phi) is 5.19. The summed E-state index contributed by atoms with van der Waals surface area (Å²) in [5.74, 6) is 0.809. The fraction of sp³-hybridized carbons (Fsp3) is 0.333. The van der Waals surface area contributed by atoms with Crippen LogP contribution < -0.4 is 5.73 Å². The average molecular weight is 324 g/mol. The minimum Gasteiger partial charge on any atom is -0.467 e. The van der Waals surface area contributed by atoms with Gasteiger partial charge in [-0.15, -0.1) is 0 Å². The number of hydrogen-bond acceptors (Lipinski definition) is 3. The zero-order valence-electron chi connectivity index (χ0n) is 10.9. The molecular weight excluding hydrogens is 306 g/mol. The predicted octanol–water partition coefficient (Wildman–Crippen LogP) is 4.04. The highest BCUT2D eigenvalue weighted by atomic mass is 79.9. The van der Waals surface area contributed by atoms with Crippen molar-refractivity contribution in [3.05, 3.63) is 58.5 Å². The molecule has 0 saturated carbocycles. The van der Waals surface area contributed by atoms with Crippen LogP contribution in [0.2, 0.25) is 0 Å². The summed E-state index contributed by atoms with van der Waals surface area (Å²) in [4.78, 5) is 0. The summed E-state index contributed by atoms with van der Waals surface area (Å²) in [5, 5.41) is 0. The number of nitrogens with two attached hydrogens (primary N) is 1. The van der Waals surface area contributed by atoms with Crippen molar-refractivity contribution in [1.29, 1.82) is 0 Å². The third-order valence-electron chi connectivity index (χ3n) is 3.02. The van der Waals surface area contributed by atoms with E-state index in [2.05, 4.69) is 22.9 Å². The summed E-state index contributed by atoms with van der Waals surface area (Å²) in [6.07, 6.45) is 2.37. The van der Waals surface area contributed by atoms with E-state index in [1.807, 2.05) is 36.4 Å². The molecule has 1 aromatic carbocycles. The van der Waals surface area contributed by atoms with Crippen molar-refractivity contribution < 1.29 is 9.15 Å². The second-order valence-electron chi connectivity index (χ2n) is 4.44. The van der Waals surface area contributed by atoms with Crippen molar-refractivity contribution in [3.8, 4) is 0 Å². The fourth-order valence-electron chi connectivity index (χ4n) is 1.93. The maximum Gasteiger partial charge on any atom is 0.129 e. The smallest absolute Gasteiger partial charge is 0.129 e. The van der Waals surface area contributed by atoms with Crippen LogP contribution in [0.15, 0.2) is 51.6 Å². The molecule has 0 fully saturated rings. The lowest BCUT2D eigenvalue weighted by atomic mass is 10.0. The Morgan fingerprint density at radius 2 is 2.16 bits per heavy atom. The van der Waals surface area contributed by atoms with Crippen molar-refractivity contribution in [2.75, 3.05) is 0 Å². The summed E-state index contributed by atoms with van der Waals surface area (Å²) >= 11 is 3.48. The van der Waals surface area contributed by atoms with Gasteiger partial charge in [-0.1, -0.05) is 35.0 Å². The number of halogens is 1. The third-order valence-corrected chi connectivity index (χ3v) is 3.52. The number of hydrogen-bond donors (Lipinski definition) is 1. The van der Waals surface area contributed by atoms with E-state index in [1.165, 1.54) is 0 Å². The first-order valence-corrected chi connectivity index (χ1v) is 7.15. The van der Waals surface area contributed by atoms with Gasteiger partial charge in [0.1, 0.15) is 12.4 Å². The molecule has 2 unspecified atom stereocenters. The van der Waals surface area contributed by atoms with Gasteiger partial charge >= 0.3 is 0 Å². The van der Waals surface area contributed by atoms with Gasteiger partial charge in [0, 0.05) is 10.5 Å². The summed E-state index contributed by atoms with van der Waals surface area (Å²) in [7, 11) is 0. The SMILES string of the molecule is CCC(N)C(OCc1ccco1)c1cccc(Br)c1. The van der Waals surface area contributed by atoms with Gasteiger partial charge in [0.05, 0.1) is 12.4 Å². The zero-order chi connectivity index (χ0) is 13.7. The summed E-state index contributed by atoms with van der Waals surface area (Å²) < 4.78 is 12.3. The first-order chi connectivity index (χ1) is 9.20. The lowest BCUT2D eigenvalue weighted by molar-refractivity contribution is 0.0126. The van der Waals surface area contributed by atoms with Gasteiger partial charge in [-0.05, 0) is 36.2 Å². The molecule has 2 N–H and O–H groups in total. The monoisotopic (exact) mass is 323 g/mol. The van der Waals surface area contributed by atoms with Crippen molar-refractivity contribution >= 4 is 15.9 Å². The molecule has 102 valence electrons. The zero-order valence-corrected chi connectivity index (χ0v) is 12.5. The molecule has 0 spiro atoms. The van der Waals surface area contributed by atoms with E-state index in [0.29, 0.717) is 6.61 Å². The van der Waals surface area contributed by atoms with E-state index in [9.17, 15) is 0 Å². The molecule has 1 heterocycles. The largest absolute Gasteiger partial charge is 0.467 e. The molecule has 4 heteroatoms. The Labute approximate surface area is 121 Å². The highest BCUT2D eigenvalue weighted by molar-refractivity contribution is 9.10. The maximum atomic E-state index is 6.17. The molecular formula is C15H18BrNO2. The van der Waals surface area contributed by atoms with Gasteiger partial charge in [-0.25, -0.2) is 0 Å². The number of ether oxygens (including phenoxy) is 1. The molecule has 19 heavy (non-hydrogen) atoms. The van der Waals surface area contributed by atoms with Crippen molar-refractivity contribution in [2.24, 2.45) is 5.73 Å². The van der Waals surface area contributed by atoms with Crippen LogP contribution in [0, 0.1) is 0 Å². The Bertz CT molecular complexity index is 499. The predicted molar refractivity (Wildman–Crippen MR) is 78.6 cm³/mol. The van der Waals surface area contributed by atoms with Gasteiger partial charge in [-0.2, -0.15) is 0 Å². The molecule has 0 radical (unpaired) electrons. The van der Waals surface area contributed by atoms with Crippen molar-refractivity contribution in [2.45, 2.75) is 32.1 Å². The van der Waals surface area contributed by atoms with E-state index in [0.717, 1.165) is 22.2 Å². The summed E-state index contributed by atoms with van der Waals surface area (Å²) in [5.41, 5.74) is 7.25. The number of rotatable bonds is 6. The molecule has 0 saturated heterocycles. The Morgan fingerprint density at radius 3 is 2.79 bits per heavy atom. The Balaban J connectivity index is 2.11. The van der Waals surface area contributed by atoms with Gasteiger partial charge < -0.3 is 14.9 Å². The van der Waals surface area contributed by atoms with Crippen LogP contribution in [0.5, 0.6) is 0 Å². The first-order valence-electron chi connectivity index (χ1n) is 6.35. The normalized spacial score (nSPS) is 14.3. The minimum absolute atomic E-state index is 0.0377. The number of benzene rings is 1. The molecule has 2 aromatic rings. The highest BCUT2D eigenvalue weighted by Crippen LogP contribution is 2.26. The lowest BCUT2D eigenvalue weighted by Crippen LogP contribution is -2.29. The number of furan rings is 1. The Hall–Kier alpha value is -1.10. The first kappa shape index (κ1) is 14.3. The lowest BCUT2D eigenvalue weighted by Gasteiger charge is -2.23. The molecule has 3 nitrogen and oxygen atoms in total. The fourth-order valence-corrected chi connectivity index (χ4v) is 2.35. The van der Waals surface area contributed by atoms with Gasteiger partial charge in [0.15, 0.2) is 0 Å². The van der Waals surface area contributed by atoms with Crippen LogP contribution in [-0.2, 0) is 11.3 Å². The standard InChI is InChI=1S/C15H18BrNO2/c1-2-14(17)15(11-5-3-6-12(16)9-11)19-10-13-7-4-8-18-13/h3-9,14-15H,2,10,17H2,1H3. The van der Waals surface area contributed by atoms with Crippen LogP contribution >= 0.6 is 15.9 Å². The summed E-state index contributed by atoms with van der Waals surface area (Å²) in [6, 6.07) is 11.8. The van der Waals surface area contributed by atoms with Crippen LogP contribution in [-0.4, -0.2) is 6.04 Å². The minimum atomic E-state index is -0.132. The topological polar surface area (TPSA) is 48.4 Å². The Morgan fingerprint density at radius 1 is 1.32 bits per heavy atom. The van der Waals surface area contributed by atoms with Gasteiger partial charge in [0.2, 0.25) is 0 Å². The summed E-state index contributed by atoms with van der Waals surface area (Å²) in [6.45, 7) is 2.49. The van der Waals surface area contributed by atoms with Crippen LogP contribution in [0.25, 0.3) is 0 Å². The molecule has 1 aromatic heterocycles. The second-order valence-corrected chi connectivity index (χ2v) is 5.35. The second kappa shape index (κ2) is 6.89. The maximum absolute atomic E-state index is 6.17. The third kappa shape index (κ3) is 3.93. The van der Waals surface area contributed by atoms with Crippen LogP contribution in [0.1, 0.15) is 30.8 Å². The molecule has 0 bridgehead atoms. The van der Waals surface area contributed by atoms with Gasteiger partial charge in [-0.3, -0.25) is 0 Å². The van der Waals surface area contributed by atoms with Crippen LogP contribution in [0.4, 0.5) is 0 Å². The molecule has 2 atom stereocenters. The molecule has 0 amide bonds. The van der Waals surface area contributed by atoms with Gasteiger partial charge in [0.25, 0.3) is 0 Å². The van der Waals surface area contributed by atoms with E-state index in [4.69, 9.17) is 14.9 Å². The quantitative estimate of drug-likeness (QED) is 0.872. The van der Waals surface area contributed by atoms with E-state index in [1.54, 1.807) is 6.26 Å². The van der Waals surface area contributed by atoms with Crippen molar-refractivity contribution in [1.82, 2.24) is 0 Å². The molecule has 0 aliphatic carbocycles. The average Bonchev–Trinajstić information content (AvgIpc) is 2.92. The van der Waals surface area contributed by atoms with E-state index in [-0.39, 0.29) is 12.1 Å². The molecule has 2 rings (SSSR count).